The highest BCUT2D eigenvalue weighted by Crippen LogP contribution is 2.44. The monoisotopic (exact) mass is 257 g/mol. The molecule has 0 spiro atoms. The molecule has 2 aliphatic rings. The van der Waals surface area contributed by atoms with E-state index >= 15 is 0 Å². The van der Waals surface area contributed by atoms with Crippen molar-refractivity contribution >= 4 is 17.3 Å². The molecule has 3 heteroatoms. The highest BCUT2D eigenvalue weighted by atomic mass is 35.5. The number of halogens is 1. The number of benzene rings is 2. The Morgan fingerprint density at radius 2 is 2.06 bits per heavy atom. The van der Waals surface area contributed by atoms with Gasteiger partial charge >= 0.3 is 0 Å². The van der Waals surface area contributed by atoms with Crippen LogP contribution in [0.5, 0.6) is 5.75 Å². The summed E-state index contributed by atoms with van der Waals surface area (Å²) in [4.78, 5) is 0. The van der Waals surface area contributed by atoms with Gasteiger partial charge in [-0.2, -0.15) is 0 Å². The first-order chi connectivity index (χ1) is 8.81. The standard InChI is InChI=1S/C15H12ClNO/c16-10-5-6-12-14(8-10)18-15-11-4-2-1-3-9(11)7-13(15)17-12/h1-6,8,13,15,17H,7H2. The van der Waals surface area contributed by atoms with Gasteiger partial charge in [0, 0.05) is 11.1 Å². The highest BCUT2D eigenvalue weighted by Gasteiger charge is 2.37. The van der Waals surface area contributed by atoms with Gasteiger partial charge < -0.3 is 10.1 Å². The maximum atomic E-state index is 6.12. The van der Waals surface area contributed by atoms with Crippen LogP contribution in [0.1, 0.15) is 17.2 Å². The molecule has 0 aromatic heterocycles. The molecule has 2 aromatic carbocycles. The van der Waals surface area contributed by atoms with Crippen LogP contribution in [-0.4, -0.2) is 6.04 Å². The zero-order valence-electron chi connectivity index (χ0n) is 9.69. The molecule has 1 N–H and O–H groups in total. The molecule has 2 atom stereocenters. The molecule has 90 valence electrons. The molecular weight excluding hydrogens is 246 g/mol. The lowest BCUT2D eigenvalue weighted by atomic mass is 10.1. The van der Waals surface area contributed by atoms with E-state index in [0.717, 1.165) is 17.9 Å². The molecule has 4 rings (SSSR count). The topological polar surface area (TPSA) is 21.3 Å². The summed E-state index contributed by atoms with van der Waals surface area (Å²) in [6, 6.07) is 14.6. The van der Waals surface area contributed by atoms with Crippen molar-refractivity contribution in [1.82, 2.24) is 0 Å². The van der Waals surface area contributed by atoms with E-state index in [0.29, 0.717) is 11.1 Å². The minimum atomic E-state index is 0.104. The average Bonchev–Trinajstić information content (AvgIpc) is 2.74. The van der Waals surface area contributed by atoms with Gasteiger partial charge in [-0.25, -0.2) is 0 Å². The zero-order valence-corrected chi connectivity index (χ0v) is 10.4. The lowest BCUT2D eigenvalue weighted by molar-refractivity contribution is 0.184. The van der Waals surface area contributed by atoms with Gasteiger partial charge in [0.05, 0.1) is 11.7 Å². The van der Waals surface area contributed by atoms with Crippen molar-refractivity contribution in [3.63, 3.8) is 0 Å². The van der Waals surface area contributed by atoms with Crippen LogP contribution in [0.4, 0.5) is 5.69 Å². The van der Waals surface area contributed by atoms with Gasteiger partial charge in [-0.3, -0.25) is 0 Å². The molecule has 0 radical (unpaired) electrons. The van der Waals surface area contributed by atoms with Gasteiger partial charge in [0.15, 0.2) is 0 Å². The second kappa shape index (κ2) is 3.66. The van der Waals surface area contributed by atoms with Gasteiger partial charge in [-0.1, -0.05) is 35.9 Å². The van der Waals surface area contributed by atoms with Crippen LogP contribution < -0.4 is 10.1 Å². The predicted octanol–water partition coefficient (Wildman–Crippen LogP) is 3.81. The third kappa shape index (κ3) is 1.42. The Morgan fingerprint density at radius 1 is 1.17 bits per heavy atom. The average molecular weight is 258 g/mol. The number of nitrogens with one attached hydrogen (secondary N) is 1. The van der Waals surface area contributed by atoms with E-state index in [9.17, 15) is 0 Å². The Morgan fingerprint density at radius 3 is 3.00 bits per heavy atom. The van der Waals surface area contributed by atoms with Crippen molar-refractivity contribution in [2.24, 2.45) is 0 Å². The van der Waals surface area contributed by atoms with Crippen LogP contribution in [0, 0.1) is 0 Å². The second-order valence-electron chi connectivity index (χ2n) is 4.83. The molecule has 18 heavy (non-hydrogen) atoms. The summed E-state index contributed by atoms with van der Waals surface area (Å²) < 4.78 is 6.12. The number of fused-ring (bicyclic) bond motifs is 4. The lowest BCUT2D eigenvalue weighted by Crippen LogP contribution is -2.32. The Hall–Kier alpha value is -1.67. The van der Waals surface area contributed by atoms with Crippen molar-refractivity contribution in [2.45, 2.75) is 18.6 Å². The van der Waals surface area contributed by atoms with Crippen molar-refractivity contribution in [2.75, 3.05) is 5.32 Å². The molecule has 0 bridgehead atoms. The number of hydrogen-bond acceptors (Lipinski definition) is 2. The summed E-state index contributed by atoms with van der Waals surface area (Å²) in [6.45, 7) is 0. The Bertz CT molecular complexity index is 626. The fourth-order valence-electron chi connectivity index (χ4n) is 2.88. The summed E-state index contributed by atoms with van der Waals surface area (Å²) in [5.74, 6) is 0.848. The highest BCUT2D eigenvalue weighted by molar-refractivity contribution is 6.30. The third-order valence-corrected chi connectivity index (χ3v) is 3.94. The van der Waals surface area contributed by atoms with E-state index in [-0.39, 0.29) is 6.10 Å². The van der Waals surface area contributed by atoms with Crippen LogP contribution in [0.25, 0.3) is 0 Å². The third-order valence-electron chi connectivity index (χ3n) is 3.71. The minimum absolute atomic E-state index is 0.104. The van der Waals surface area contributed by atoms with Crippen LogP contribution in [0.2, 0.25) is 5.02 Å². The summed E-state index contributed by atoms with van der Waals surface area (Å²) in [5, 5.41) is 4.26. The van der Waals surface area contributed by atoms with Crippen molar-refractivity contribution < 1.29 is 4.74 Å². The molecule has 1 aliphatic carbocycles. The van der Waals surface area contributed by atoms with E-state index < -0.39 is 0 Å². The zero-order chi connectivity index (χ0) is 12.1. The molecule has 2 nitrogen and oxygen atoms in total. The largest absolute Gasteiger partial charge is 0.481 e. The Labute approximate surface area is 111 Å². The van der Waals surface area contributed by atoms with Gasteiger partial charge in [0.2, 0.25) is 0 Å². The van der Waals surface area contributed by atoms with Gasteiger partial charge in [-0.15, -0.1) is 0 Å². The smallest absolute Gasteiger partial charge is 0.144 e. The number of rotatable bonds is 0. The van der Waals surface area contributed by atoms with Crippen molar-refractivity contribution in [3.05, 3.63) is 58.6 Å². The molecule has 2 aromatic rings. The summed E-state index contributed by atoms with van der Waals surface area (Å²) in [7, 11) is 0. The maximum Gasteiger partial charge on any atom is 0.144 e. The fourth-order valence-corrected chi connectivity index (χ4v) is 3.04. The molecule has 0 amide bonds. The number of ether oxygens (including phenoxy) is 1. The molecule has 1 aliphatic heterocycles. The number of anilines is 1. The van der Waals surface area contributed by atoms with Crippen LogP contribution in [0.15, 0.2) is 42.5 Å². The van der Waals surface area contributed by atoms with Crippen LogP contribution >= 0.6 is 11.6 Å². The minimum Gasteiger partial charge on any atom is -0.481 e. The molecular formula is C15H12ClNO. The van der Waals surface area contributed by atoms with E-state index in [1.807, 2.05) is 18.2 Å². The van der Waals surface area contributed by atoms with E-state index in [1.165, 1.54) is 11.1 Å². The first-order valence-electron chi connectivity index (χ1n) is 6.12. The van der Waals surface area contributed by atoms with E-state index in [4.69, 9.17) is 16.3 Å². The summed E-state index contributed by atoms with van der Waals surface area (Å²) >= 11 is 6.01. The van der Waals surface area contributed by atoms with Crippen molar-refractivity contribution in [3.8, 4) is 5.75 Å². The Balaban J connectivity index is 1.78. The quantitative estimate of drug-likeness (QED) is 0.775. The predicted molar refractivity (Wildman–Crippen MR) is 72.4 cm³/mol. The van der Waals surface area contributed by atoms with Crippen LogP contribution in [-0.2, 0) is 6.42 Å². The molecule has 0 saturated heterocycles. The SMILES string of the molecule is Clc1ccc2c(c1)OC1c3ccccc3CC1N2. The van der Waals surface area contributed by atoms with Gasteiger partial charge in [-0.05, 0) is 29.7 Å². The molecule has 2 unspecified atom stereocenters. The maximum absolute atomic E-state index is 6.12. The van der Waals surface area contributed by atoms with E-state index in [2.05, 4.69) is 29.6 Å². The first kappa shape index (κ1) is 10.3. The normalized spacial score (nSPS) is 23.4. The first-order valence-corrected chi connectivity index (χ1v) is 6.49. The Kier molecular flexibility index (Phi) is 2.09. The van der Waals surface area contributed by atoms with Crippen molar-refractivity contribution in [1.29, 1.82) is 0 Å². The summed E-state index contributed by atoms with van der Waals surface area (Å²) in [6.07, 6.45) is 1.12. The van der Waals surface area contributed by atoms with E-state index in [1.54, 1.807) is 0 Å². The van der Waals surface area contributed by atoms with Gasteiger partial charge in [0.25, 0.3) is 0 Å². The number of hydrogen-bond donors (Lipinski definition) is 1. The summed E-state index contributed by atoms with van der Waals surface area (Å²) in [5.41, 5.74) is 3.70. The van der Waals surface area contributed by atoms with Gasteiger partial charge in [0.1, 0.15) is 11.9 Å². The van der Waals surface area contributed by atoms with Crippen LogP contribution in [0.3, 0.4) is 0 Å². The molecule has 0 saturated carbocycles. The second-order valence-corrected chi connectivity index (χ2v) is 5.27. The lowest BCUT2D eigenvalue weighted by Gasteiger charge is -2.31. The molecule has 0 fully saturated rings. The molecule has 1 heterocycles. The fraction of sp³-hybridized carbons (Fsp3) is 0.200.